The Bertz CT molecular complexity index is 1110. The summed E-state index contributed by atoms with van der Waals surface area (Å²) in [4.78, 5) is 36.4. The van der Waals surface area contributed by atoms with Crippen LogP contribution in [0.2, 0.25) is 5.02 Å². The lowest BCUT2D eigenvalue weighted by Gasteiger charge is -2.17. The van der Waals surface area contributed by atoms with Gasteiger partial charge in [-0.3, -0.25) is 19.1 Å². The maximum atomic E-state index is 13.1. The van der Waals surface area contributed by atoms with Gasteiger partial charge in [-0.15, -0.1) is 0 Å². The predicted octanol–water partition coefficient (Wildman–Crippen LogP) is 2.81. The molecule has 0 unspecified atom stereocenters. The number of benzene rings is 1. The molecule has 0 saturated carbocycles. The third-order valence-corrected chi connectivity index (χ3v) is 7.20. The SMILES string of the molecule is CC(=O)Oc1ccc(C(=O)c2c[nH]n(C)c2=O)c(Cl)c1N=S1(=O)CCCCC1. The third-order valence-electron chi connectivity index (χ3n) is 4.44. The number of halogens is 1. The summed E-state index contributed by atoms with van der Waals surface area (Å²) in [5.74, 6) is -0.330. The van der Waals surface area contributed by atoms with Crippen molar-refractivity contribution in [2.24, 2.45) is 11.4 Å². The Morgan fingerprint density at radius 1 is 1.21 bits per heavy atom. The quantitative estimate of drug-likeness (QED) is 0.460. The molecule has 0 bridgehead atoms. The Labute approximate surface area is 167 Å². The van der Waals surface area contributed by atoms with Gasteiger partial charge in [0.15, 0.2) is 5.75 Å². The van der Waals surface area contributed by atoms with Crippen molar-refractivity contribution < 1.29 is 18.5 Å². The lowest BCUT2D eigenvalue weighted by molar-refractivity contribution is -0.131. The molecule has 2 aromatic rings. The molecule has 28 heavy (non-hydrogen) atoms. The second kappa shape index (κ2) is 7.92. The molecule has 0 aliphatic carbocycles. The molecule has 1 fully saturated rings. The molecule has 2 heterocycles. The summed E-state index contributed by atoms with van der Waals surface area (Å²) in [6, 6.07) is 2.74. The Hall–Kier alpha value is -2.39. The fourth-order valence-electron chi connectivity index (χ4n) is 3.01. The van der Waals surface area contributed by atoms with Crippen LogP contribution >= 0.6 is 11.6 Å². The molecule has 1 N–H and O–H groups in total. The van der Waals surface area contributed by atoms with Gasteiger partial charge in [-0.2, -0.15) is 4.36 Å². The summed E-state index contributed by atoms with van der Waals surface area (Å²) in [6.45, 7) is 1.22. The van der Waals surface area contributed by atoms with Crippen molar-refractivity contribution in [3.8, 4) is 5.75 Å². The number of aromatic amines is 1. The summed E-state index contributed by atoms with van der Waals surface area (Å²) in [7, 11) is -1.08. The van der Waals surface area contributed by atoms with Gasteiger partial charge in [0.05, 0.1) is 14.8 Å². The van der Waals surface area contributed by atoms with E-state index in [0.717, 1.165) is 19.3 Å². The number of ketones is 1. The van der Waals surface area contributed by atoms with Crippen LogP contribution in [0.3, 0.4) is 0 Å². The largest absolute Gasteiger partial charge is 0.424 e. The first-order valence-corrected chi connectivity index (χ1v) is 11.0. The number of H-pyrrole nitrogens is 1. The zero-order valence-electron chi connectivity index (χ0n) is 15.5. The minimum atomic E-state index is -2.57. The van der Waals surface area contributed by atoms with E-state index in [1.54, 1.807) is 0 Å². The topological polar surface area (TPSA) is 111 Å². The van der Waals surface area contributed by atoms with Crippen LogP contribution in [0.1, 0.15) is 42.1 Å². The van der Waals surface area contributed by atoms with Gasteiger partial charge in [0.25, 0.3) is 5.56 Å². The highest BCUT2D eigenvalue weighted by atomic mass is 35.5. The van der Waals surface area contributed by atoms with Crippen LogP contribution in [0.25, 0.3) is 0 Å². The fourth-order valence-corrected chi connectivity index (χ4v) is 5.55. The summed E-state index contributed by atoms with van der Waals surface area (Å²) < 4.78 is 23.7. The molecular weight excluding hydrogens is 406 g/mol. The van der Waals surface area contributed by atoms with Gasteiger partial charge in [0.1, 0.15) is 11.3 Å². The van der Waals surface area contributed by atoms with Gasteiger partial charge in [-0.05, 0) is 25.0 Å². The van der Waals surface area contributed by atoms with Crippen molar-refractivity contribution >= 4 is 38.8 Å². The zero-order chi connectivity index (χ0) is 20.5. The number of nitrogens with one attached hydrogen (secondary N) is 1. The highest BCUT2D eigenvalue weighted by Gasteiger charge is 2.24. The van der Waals surface area contributed by atoms with Gasteiger partial charge >= 0.3 is 5.97 Å². The maximum Gasteiger partial charge on any atom is 0.308 e. The van der Waals surface area contributed by atoms with E-state index in [9.17, 15) is 18.6 Å². The van der Waals surface area contributed by atoms with Crippen molar-refractivity contribution in [2.45, 2.75) is 26.2 Å². The standard InChI is InChI=1S/C18H20ClN3O5S/c1-11(23)27-14-7-6-12(17(24)13-10-20-22(2)18(13)25)15(19)16(14)21-28(26)8-4-3-5-9-28/h6-7,10,20H,3-5,8-9H2,1-2H3. The molecule has 0 radical (unpaired) electrons. The highest BCUT2D eigenvalue weighted by Crippen LogP contribution is 2.40. The van der Waals surface area contributed by atoms with Crippen molar-refractivity contribution in [1.29, 1.82) is 0 Å². The Balaban J connectivity index is 2.17. The number of carbonyl (C=O) groups excluding carboxylic acids is 2. The lowest BCUT2D eigenvalue weighted by atomic mass is 10.1. The van der Waals surface area contributed by atoms with E-state index in [-0.39, 0.29) is 27.6 Å². The maximum absolute atomic E-state index is 13.1. The number of esters is 1. The highest BCUT2D eigenvalue weighted by molar-refractivity contribution is 7.93. The van der Waals surface area contributed by atoms with Gasteiger partial charge in [-0.25, -0.2) is 4.21 Å². The van der Waals surface area contributed by atoms with E-state index in [1.807, 2.05) is 0 Å². The van der Waals surface area contributed by atoms with Crippen molar-refractivity contribution in [3.63, 3.8) is 0 Å². The average molecular weight is 426 g/mol. The zero-order valence-corrected chi connectivity index (χ0v) is 17.1. The Morgan fingerprint density at radius 3 is 2.46 bits per heavy atom. The van der Waals surface area contributed by atoms with Crippen molar-refractivity contribution in [2.75, 3.05) is 11.5 Å². The molecule has 10 heteroatoms. The number of hydrogen-bond donors (Lipinski definition) is 1. The van der Waals surface area contributed by atoms with Gasteiger partial charge in [-0.1, -0.05) is 18.0 Å². The van der Waals surface area contributed by atoms with E-state index in [4.69, 9.17) is 16.3 Å². The molecule has 1 aliphatic heterocycles. The summed E-state index contributed by atoms with van der Waals surface area (Å²) in [6.07, 6.45) is 3.83. The Morgan fingerprint density at radius 2 is 1.89 bits per heavy atom. The molecule has 150 valence electrons. The van der Waals surface area contributed by atoms with Crippen LogP contribution < -0.4 is 10.3 Å². The normalized spacial score (nSPS) is 15.8. The second-order valence-corrected chi connectivity index (χ2v) is 9.50. The molecule has 1 aromatic heterocycles. The third kappa shape index (κ3) is 4.05. The average Bonchev–Trinajstić information content (AvgIpc) is 2.97. The van der Waals surface area contributed by atoms with E-state index < -0.39 is 27.0 Å². The molecule has 1 aliphatic rings. The van der Waals surface area contributed by atoms with E-state index >= 15 is 0 Å². The van der Waals surface area contributed by atoms with E-state index in [1.165, 1.54) is 37.0 Å². The summed E-state index contributed by atoms with van der Waals surface area (Å²) in [5.41, 5.74) is -0.562. The van der Waals surface area contributed by atoms with Crippen molar-refractivity contribution in [3.05, 3.63) is 44.8 Å². The molecule has 0 amide bonds. The van der Waals surface area contributed by atoms with Gasteiger partial charge in [0, 0.05) is 37.2 Å². The molecule has 1 aromatic carbocycles. The number of aryl methyl sites for hydroxylation is 1. The predicted molar refractivity (Wildman–Crippen MR) is 106 cm³/mol. The number of ether oxygens (including phenoxy) is 1. The fraction of sp³-hybridized carbons (Fsp3) is 0.389. The first kappa shape index (κ1) is 20.3. The van der Waals surface area contributed by atoms with Crippen molar-refractivity contribution in [1.82, 2.24) is 9.78 Å². The van der Waals surface area contributed by atoms with Crippen LogP contribution in [-0.4, -0.2) is 37.2 Å². The summed E-state index contributed by atoms with van der Waals surface area (Å²) in [5, 5.41) is 2.54. The van der Waals surface area contributed by atoms with E-state index in [0.29, 0.717) is 11.5 Å². The molecule has 8 nitrogen and oxygen atoms in total. The Kier molecular flexibility index (Phi) is 5.76. The molecule has 1 saturated heterocycles. The number of carbonyl (C=O) groups is 2. The lowest BCUT2D eigenvalue weighted by Crippen LogP contribution is -2.19. The minimum absolute atomic E-state index is 0.00183. The summed E-state index contributed by atoms with van der Waals surface area (Å²) >= 11 is 6.43. The molecule has 0 spiro atoms. The van der Waals surface area contributed by atoms with Crippen LogP contribution in [0.4, 0.5) is 5.69 Å². The number of rotatable bonds is 4. The van der Waals surface area contributed by atoms with Crippen LogP contribution in [0.15, 0.2) is 27.5 Å². The van der Waals surface area contributed by atoms with Gasteiger partial charge in [0.2, 0.25) is 5.78 Å². The monoisotopic (exact) mass is 425 g/mol. The first-order valence-electron chi connectivity index (χ1n) is 8.74. The van der Waals surface area contributed by atoms with Gasteiger partial charge < -0.3 is 9.84 Å². The molecular formula is C18H20ClN3O5S. The molecule has 0 atom stereocenters. The number of hydrogen-bond acceptors (Lipinski definition) is 6. The van der Waals surface area contributed by atoms with Crippen LogP contribution in [0.5, 0.6) is 5.75 Å². The number of nitrogens with zero attached hydrogens (tertiary/aromatic N) is 2. The minimum Gasteiger partial charge on any atom is -0.424 e. The van der Waals surface area contributed by atoms with Crippen LogP contribution in [-0.2, 0) is 21.6 Å². The van der Waals surface area contributed by atoms with E-state index in [2.05, 4.69) is 9.46 Å². The number of aromatic nitrogens is 2. The second-order valence-electron chi connectivity index (χ2n) is 6.58. The molecule has 3 rings (SSSR count). The van der Waals surface area contributed by atoms with Crippen LogP contribution in [0, 0.1) is 0 Å². The first-order chi connectivity index (χ1) is 13.2. The smallest absolute Gasteiger partial charge is 0.308 e.